The minimum Gasteiger partial charge on any atom is -0.366 e. The highest BCUT2D eigenvalue weighted by Gasteiger charge is 2.33. The lowest BCUT2D eigenvalue weighted by Crippen LogP contribution is -2.45. The van der Waals surface area contributed by atoms with Crippen LogP contribution >= 0.6 is 0 Å². The molecule has 4 rings (SSSR count). The maximum absolute atomic E-state index is 12.9. The van der Waals surface area contributed by atoms with Gasteiger partial charge in [0.2, 0.25) is 5.91 Å². The second kappa shape index (κ2) is 7.00. The Kier molecular flexibility index (Phi) is 4.57. The van der Waals surface area contributed by atoms with Crippen LogP contribution in [0.1, 0.15) is 49.5 Å². The summed E-state index contributed by atoms with van der Waals surface area (Å²) in [5, 5.41) is 7.03. The number of amides is 1. The summed E-state index contributed by atoms with van der Waals surface area (Å²) in [6.07, 6.45) is 8.08. The number of aryl methyl sites for hydroxylation is 1. The number of nitrogens with one attached hydrogen (secondary N) is 1. The van der Waals surface area contributed by atoms with Crippen LogP contribution in [0.5, 0.6) is 0 Å². The number of morpholine rings is 1. The van der Waals surface area contributed by atoms with Gasteiger partial charge in [-0.25, -0.2) is 4.98 Å². The highest BCUT2D eigenvalue weighted by Crippen LogP contribution is 2.34. The van der Waals surface area contributed by atoms with Crippen LogP contribution in [0.2, 0.25) is 0 Å². The van der Waals surface area contributed by atoms with Gasteiger partial charge in [0.25, 0.3) is 0 Å². The summed E-state index contributed by atoms with van der Waals surface area (Å²) in [5.74, 6) is 1.82. The summed E-state index contributed by atoms with van der Waals surface area (Å²) in [7, 11) is 0. The van der Waals surface area contributed by atoms with E-state index in [-0.39, 0.29) is 17.9 Å². The summed E-state index contributed by atoms with van der Waals surface area (Å²) < 4.78 is 8.04. The lowest BCUT2D eigenvalue weighted by molar-refractivity contribution is -0.144. The minimum atomic E-state index is -0.223. The number of rotatable bonds is 3. The van der Waals surface area contributed by atoms with Crippen LogP contribution in [0.15, 0.2) is 24.5 Å². The summed E-state index contributed by atoms with van der Waals surface area (Å²) in [6.45, 7) is 3.62. The molecule has 0 spiro atoms. The van der Waals surface area contributed by atoms with E-state index in [0.717, 1.165) is 31.5 Å². The Morgan fingerprint density at radius 2 is 2.00 bits per heavy atom. The third-order valence-electron chi connectivity index (χ3n) is 5.38. The van der Waals surface area contributed by atoms with Crippen LogP contribution in [-0.4, -0.2) is 50.3 Å². The Bertz CT molecular complexity index is 703. The average molecular weight is 343 g/mol. The molecule has 3 heterocycles. The van der Waals surface area contributed by atoms with Gasteiger partial charge in [-0.2, -0.15) is 5.10 Å². The average Bonchev–Trinajstić information content (AvgIpc) is 3.33. The van der Waals surface area contributed by atoms with Crippen LogP contribution in [-0.2, 0) is 9.53 Å². The van der Waals surface area contributed by atoms with Gasteiger partial charge in [0.05, 0.1) is 13.2 Å². The van der Waals surface area contributed by atoms with Crippen LogP contribution < -0.4 is 0 Å². The van der Waals surface area contributed by atoms with Crippen LogP contribution in [0.25, 0.3) is 0 Å². The number of ether oxygens (including phenoxy) is 1. The first-order chi connectivity index (χ1) is 12.2. The molecule has 1 N–H and O–H groups in total. The van der Waals surface area contributed by atoms with Gasteiger partial charge in [0, 0.05) is 30.9 Å². The van der Waals surface area contributed by atoms with Gasteiger partial charge < -0.3 is 14.2 Å². The van der Waals surface area contributed by atoms with Gasteiger partial charge in [-0.15, -0.1) is 0 Å². The molecule has 2 aliphatic rings. The number of hydrogen-bond acceptors (Lipinski definition) is 4. The molecule has 7 nitrogen and oxygen atoms in total. The van der Waals surface area contributed by atoms with Crippen molar-refractivity contribution in [2.24, 2.45) is 5.92 Å². The fourth-order valence-corrected chi connectivity index (χ4v) is 3.98. The van der Waals surface area contributed by atoms with E-state index in [9.17, 15) is 4.79 Å². The monoisotopic (exact) mass is 343 g/mol. The molecule has 0 unspecified atom stereocenters. The zero-order chi connectivity index (χ0) is 17.2. The van der Waals surface area contributed by atoms with Gasteiger partial charge in [-0.1, -0.05) is 0 Å². The standard InChI is InChI=1S/C18H25N5O2/c1-13-19-17(21-20-13)16-12-23(10-11-25-16)18(24)14-4-6-15(7-5-14)22-8-2-3-9-22/h2-3,8-9,14-16H,4-7,10-12H2,1H3,(H,19,20,21)/t14?,15?,16-/m0/s1. The number of H-pyrrole nitrogens is 1. The van der Waals surface area contributed by atoms with Crippen molar-refractivity contribution in [1.82, 2.24) is 24.6 Å². The second-order valence-corrected chi connectivity index (χ2v) is 7.06. The van der Waals surface area contributed by atoms with E-state index in [4.69, 9.17) is 4.74 Å². The van der Waals surface area contributed by atoms with Crippen molar-refractivity contribution in [3.8, 4) is 0 Å². The molecule has 2 fully saturated rings. The van der Waals surface area contributed by atoms with Gasteiger partial charge in [0.1, 0.15) is 11.9 Å². The molecule has 1 saturated carbocycles. The van der Waals surface area contributed by atoms with Crippen LogP contribution in [0.4, 0.5) is 0 Å². The molecule has 134 valence electrons. The largest absolute Gasteiger partial charge is 0.366 e. The van der Waals surface area contributed by atoms with Crippen molar-refractivity contribution in [3.05, 3.63) is 36.2 Å². The fourth-order valence-electron chi connectivity index (χ4n) is 3.98. The molecule has 1 aliphatic carbocycles. The Balaban J connectivity index is 1.35. The topological polar surface area (TPSA) is 76.0 Å². The first-order valence-electron chi connectivity index (χ1n) is 9.12. The lowest BCUT2D eigenvalue weighted by atomic mass is 9.85. The molecule has 1 amide bonds. The van der Waals surface area contributed by atoms with Crippen molar-refractivity contribution in [2.45, 2.75) is 44.8 Å². The summed E-state index contributed by atoms with van der Waals surface area (Å²) >= 11 is 0. The van der Waals surface area contributed by atoms with Crippen molar-refractivity contribution in [1.29, 1.82) is 0 Å². The summed E-state index contributed by atoms with van der Waals surface area (Å²) in [4.78, 5) is 19.2. The summed E-state index contributed by atoms with van der Waals surface area (Å²) in [6, 6.07) is 4.67. The minimum absolute atomic E-state index is 0.138. The third-order valence-corrected chi connectivity index (χ3v) is 5.38. The number of carbonyl (C=O) groups excluding carboxylic acids is 1. The zero-order valence-electron chi connectivity index (χ0n) is 14.6. The molecule has 0 radical (unpaired) electrons. The maximum Gasteiger partial charge on any atom is 0.225 e. The molecular weight excluding hydrogens is 318 g/mol. The SMILES string of the molecule is Cc1nc([C@@H]2CN(C(=O)C3CCC(n4cccc4)CC3)CCO2)n[nH]1. The predicted molar refractivity (Wildman–Crippen MR) is 91.8 cm³/mol. The molecular formula is C18H25N5O2. The summed E-state index contributed by atoms with van der Waals surface area (Å²) in [5.41, 5.74) is 0. The van der Waals surface area contributed by atoms with Crippen LogP contribution in [0, 0.1) is 12.8 Å². The number of hydrogen-bond donors (Lipinski definition) is 1. The van der Waals surface area contributed by atoms with E-state index in [1.165, 1.54) is 0 Å². The molecule has 0 bridgehead atoms. The number of carbonyl (C=O) groups is 1. The smallest absolute Gasteiger partial charge is 0.225 e. The normalized spacial score (nSPS) is 27.4. The quantitative estimate of drug-likeness (QED) is 0.927. The number of aromatic amines is 1. The van der Waals surface area contributed by atoms with E-state index in [1.807, 2.05) is 11.8 Å². The molecule has 1 saturated heterocycles. The van der Waals surface area contributed by atoms with Crippen molar-refractivity contribution >= 4 is 5.91 Å². The van der Waals surface area contributed by atoms with Crippen molar-refractivity contribution in [2.75, 3.05) is 19.7 Å². The van der Waals surface area contributed by atoms with E-state index >= 15 is 0 Å². The maximum atomic E-state index is 12.9. The molecule has 1 atom stereocenters. The molecule has 7 heteroatoms. The highest BCUT2D eigenvalue weighted by molar-refractivity contribution is 5.79. The zero-order valence-corrected chi connectivity index (χ0v) is 14.6. The molecule has 0 aromatic carbocycles. The molecule has 25 heavy (non-hydrogen) atoms. The fraction of sp³-hybridized carbons (Fsp3) is 0.611. The molecule has 1 aliphatic heterocycles. The van der Waals surface area contributed by atoms with E-state index in [0.29, 0.717) is 31.6 Å². The molecule has 2 aromatic heterocycles. The first kappa shape index (κ1) is 16.3. The Hall–Kier alpha value is -2.15. The van der Waals surface area contributed by atoms with Gasteiger partial charge >= 0.3 is 0 Å². The number of nitrogens with zero attached hydrogens (tertiary/aromatic N) is 4. The Morgan fingerprint density at radius 1 is 1.24 bits per heavy atom. The predicted octanol–water partition coefficient (Wildman–Crippen LogP) is 2.25. The van der Waals surface area contributed by atoms with E-state index < -0.39 is 0 Å². The van der Waals surface area contributed by atoms with Crippen molar-refractivity contribution < 1.29 is 9.53 Å². The highest BCUT2D eigenvalue weighted by atomic mass is 16.5. The van der Waals surface area contributed by atoms with E-state index in [2.05, 4.69) is 44.3 Å². The second-order valence-electron chi connectivity index (χ2n) is 7.06. The molecule has 2 aromatic rings. The van der Waals surface area contributed by atoms with E-state index in [1.54, 1.807) is 0 Å². The number of aromatic nitrogens is 4. The first-order valence-corrected chi connectivity index (χ1v) is 9.12. The van der Waals surface area contributed by atoms with Gasteiger partial charge in [0.15, 0.2) is 5.82 Å². The lowest BCUT2D eigenvalue weighted by Gasteiger charge is -2.36. The van der Waals surface area contributed by atoms with Gasteiger partial charge in [-0.3, -0.25) is 9.89 Å². The Labute approximate surface area is 147 Å². The van der Waals surface area contributed by atoms with Crippen molar-refractivity contribution in [3.63, 3.8) is 0 Å². The van der Waals surface area contributed by atoms with Crippen LogP contribution in [0.3, 0.4) is 0 Å². The Morgan fingerprint density at radius 3 is 2.68 bits per heavy atom. The third kappa shape index (κ3) is 3.46. The van der Waals surface area contributed by atoms with Gasteiger partial charge in [-0.05, 0) is 44.7 Å².